The van der Waals surface area contributed by atoms with Crippen molar-refractivity contribution < 1.29 is 4.39 Å². The van der Waals surface area contributed by atoms with Crippen LogP contribution in [0.5, 0.6) is 0 Å². The second-order valence-corrected chi connectivity index (χ2v) is 6.15. The zero-order valence-corrected chi connectivity index (χ0v) is 17.9. The molecule has 7 heteroatoms. The van der Waals surface area contributed by atoms with Gasteiger partial charge < -0.3 is 15.0 Å². The molecule has 2 aromatic heterocycles. The molecule has 5 nitrogen and oxygen atoms in total. The van der Waals surface area contributed by atoms with E-state index in [1.807, 2.05) is 48.0 Å². The normalized spacial score (nSPS) is 11.3. The number of nitrogens with zero attached hydrogens (tertiary/aromatic N) is 3. The molecular formula is C20H25FIN5. The summed E-state index contributed by atoms with van der Waals surface area (Å²) < 4.78 is 15.4. The van der Waals surface area contributed by atoms with Crippen molar-refractivity contribution in [2.45, 2.75) is 26.8 Å². The molecular weight excluding hydrogens is 456 g/mol. The van der Waals surface area contributed by atoms with E-state index < -0.39 is 0 Å². The number of hydrogen-bond acceptors (Lipinski definition) is 2. The molecule has 0 aliphatic carbocycles. The van der Waals surface area contributed by atoms with E-state index in [-0.39, 0.29) is 29.8 Å². The Morgan fingerprint density at radius 2 is 2.07 bits per heavy atom. The van der Waals surface area contributed by atoms with Gasteiger partial charge in [-0.15, -0.1) is 24.0 Å². The summed E-state index contributed by atoms with van der Waals surface area (Å²) in [5, 5.41) is 6.56. The van der Waals surface area contributed by atoms with Crippen molar-refractivity contribution in [1.82, 2.24) is 20.0 Å². The maximum atomic E-state index is 13.4. The maximum Gasteiger partial charge on any atom is 0.191 e. The third-order valence-corrected chi connectivity index (χ3v) is 4.07. The highest BCUT2D eigenvalue weighted by atomic mass is 127. The van der Waals surface area contributed by atoms with Crippen molar-refractivity contribution in [3.63, 3.8) is 0 Å². The first-order chi connectivity index (χ1) is 12.7. The molecule has 0 saturated heterocycles. The number of guanidine groups is 1. The van der Waals surface area contributed by atoms with Gasteiger partial charge in [-0.2, -0.15) is 0 Å². The summed E-state index contributed by atoms with van der Waals surface area (Å²) in [4.78, 5) is 9.17. The van der Waals surface area contributed by atoms with Crippen LogP contribution in [0, 0.1) is 12.7 Å². The van der Waals surface area contributed by atoms with Crippen molar-refractivity contribution in [3.05, 3.63) is 71.4 Å². The van der Waals surface area contributed by atoms with E-state index in [1.165, 1.54) is 6.07 Å². The fourth-order valence-electron chi connectivity index (χ4n) is 2.73. The number of pyridine rings is 1. The lowest BCUT2D eigenvalue weighted by Crippen LogP contribution is -2.38. The minimum absolute atomic E-state index is 0. The van der Waals surface area contributed by atoms with E-state index in [4.69, 9.17) is 0 Å². The van der Waals surface area contributed by atoms with Crippen LogP contribution in [-0.4, -0.2) is 28.4 Å². The van der Waals surface area contributed by atoms with Crippen molar-refractivity contribution in [1.29, 1.82) is 0 Å². The molecule has 0 saturated carbocycles. The van der Waals surface area contributed by atoms with Crippen LogP contribution in [0.25, 0.3) is 5.65 Å². The third-order valence-electron chi connectivity index (χ3n) is 4.07. The molecule has 3 rings (SSSR count). The molecule has 0 aliphatic rings. The summed E-state index contributed by atoms with van der Waals surface area (Å²) in [6.45, 7) is 5.81. The number of halogens is 2. The van der Waals surface area contributed by atoms with E-state index in [1.54, 1.807) is 13.0 Å². The third kappa shape index (κ3) is 5.92. The molecule has 0 atom stereocenters. The van der Waals surface area contributed by atoms with Crippen LogP contribution in [0.1, 0.15) is 23.7 Å². The van der Waals surface area contributed by atoms with Crippen molar-refractivity contribution in [3.8, 4) is 0 Å². The Bertz CT molecular complexity index is 873. The standard InChI is InChI=1S/C20H24FN5.HI/c1-3-22-20(24-13-16-7-8-18(21)15(2)12-16)23-10-9-17-14-26-11-5-4-6-19(26)25-17;/h4-8,11-12,14H,3,9-10,13H2,1-2H3,(H2,22,23,24);1H. The second-order valence-electron chi connectivity index (χ2n) is 6.15. The number of imidazole rings is 1. The summed E-state index contributed by atoms with van der Waals surface area (Å²) in [6.07, 6.45) is 4.85. The van der Waals surface area contributed by atoms with Crippen LogP contribution in [-0.2, 0) is 13.0 Å². The first kappa shape index (κ1) is 21.1. The van der Waals surface area contributed by atoms with E-state index in [9.17, 15) is 4.39 Å². The molecule has 0 spiro atoms. The van der Waals surface area contributed by atoms with Gasteiger partial charge in [0.25, 0.3) is 0 Å². The molecule has 0 aliphatic heterocycles. The van der Waals surface area contributed by atoms with Gasteiger partial charge in [0.2, 0.25) is 0 Å². The molecule has 1 aromatic carbocycles. The minimum Gasteiger partial charge on any atom is -0.357 e. The zero-order valence-electron chi connectivity index (χ0n) is 15.6. The molecule has 0 unspecified atom stereocenters. The molecule has 0 radical (unpaired) electrons. The average Bonchev–Trinajstić information content (AvgIpc) is 3.05. The average molecular weight is 481 g/mol. The zero-order chi connectivity index (χ0) is 18.4. The molecule has 2 N–H and O–H groups in total. The van der Waals surface area contributed by atoms with Gasteiger partial charge in [0.1, 0.15) is 11.5 Å². The highest BCUT2D eigenvalue weighted by Gasteiger charge is 2.03. The number of aliphatic imine (C=N–C) groups is 1. The molecule has 0 amide bonds. The SMILES string of the molecule is CCNC(=NCc1ccc(F)c(C)c1)NCCc1cn2ccccc2n1.I. The Morgan fingerprint density at radius 3 is 2.81 bits per heavy atom. The Balaban J connectivity index is 0.00000261. The predicted octanol–water partition coefficient (Wildman–Crippen LogP) is 3.70. The summed E-state index contributed by atoms with van der Waals surface area (Å²) in [6, 6.07) is 11.1. The first-order valence-corrected chi connectivity index (χ1v) is 8.85. The van der Waals surface area contributed by atoms with Gasteiger partial charge in [-0.3, -0.25) is 0 Å². The predicted molar refractivity (Wildman–Crippen MR) is 118 cm³/mol. The number of aryl methyl sites for hydroxylation is 1. The largest absolute Gasteiger partial charge is 0.357 e. The molecule has 2 heterocycles. The van der Waals surface area contributed by atoms with Crippen LogP contribution >= 0.6 is 24.0 Å². The Labute approximate surface area is 176 Å². The van der Waals surface area contributed by atoms with Gasteiger partial charge in [0, 0.05) is 31.9 Å². The van der Waals surface area contributed by atoms with Crippen LogP contribution < -0.4 is 10.6 Å². The van der Waals surface area contributed by atoms with Crippen LogP contribution in [0.4, 0.5) is 4.39 Å². The lowest BCUT2D eigenvalue weighted by Gasteiger charge is -2.11. The molecule has 27 heavy (non-hydrogen) atoms. The fourth-order valence-corrected chi connectivity index (χ4v) is 2.73. The van der Waals surface area contributed by atoms with Gasteiger partial charge in [-0.25, -0.2) is 14.4 Å². The van der Waals surface area contributed by atoms with Crippen molar-refractivity contribution in [2.75, 3.05) is 13.1 Å². The summed E-state index contributed by atoms with van der Waals surface area (Å²) in [5.41, 5.74) is 3.62. The van der Waals surface area contributed by atoms with E-state index in [0.717, 1.165) is 42.4 Å². The van der Waals surface area contributed by atoms with Gasteiger partial charge in [-0.05, 0) is 43.2 Å². The Kier molecular flexibility index (Phi) is 8.02. The number of benzene rings is 1. The second kappa shape index (κ2) is 10.2. The van der Waals surface area contributed by atoms with Gasteiger partial charge in [0.15, 0.2) is 5.96 Å². The number of fused-ring (bicyclic) bond motifs is 1. The van der Waals surface area contributed by atoms with Crippen molar-refractivity contribution >= 4 is 35.6 Å². The maximum absolute atomic E-state index is 13.4. The molecule has 0 fully saturated rings. The summed E-state index contributed by atoms with van der Waals surface area (Å²) in [5.74, 6) is 0.563. The lowest BCUT2D eigenvalue weighted by atomic mass is 10.1. The number of nitrogens with one attached hydrogen (secondary N) is 2. The molecule has 0 bridgehead atoms. The van der Waals surface area contributed by atoms with Crippen molar-refractivity contribution in [2.24, 2.45) is 4.99 Å². The van der Waals surface area contributed by atoms with E-state index >= 15 is 0 Å². The minimum atomic E-state index is -0.185. The number of rotatable bonds is 6. The smallest absolute Gasteiger partial charge is 0.191 e. The van der Waals surface area contributed by atoms with E-state index in [2.05, 4.69) is 20.6 Å². The van der Waals surface area contributed by atoms with Crippen LogP contribution in [0.2, 0.25) is 0 Å². The van der Waals surface area contributed by atoms with E-state index in [0.29, 0.717) is 12.1 Å². The fraction of sp³-hybridized carbons (Fsp3) is 0.300. The monoisotopic (exact) mass is 481 g/mol. The number of aromatic nitrogens is 2. The topological polar surface area (TPSA) is 53.7 Å². The molecule has 144 valence electrons. The highest BCUT2D eigenvalue weighted by Crippen LogP contribution is 2.10. The van der Waals surface area contributed by atoms with Gasteiger partial charge >= 0.3 is 0 Å². The highest BCUT2D eigenvalue weighted by molar-refractivity contribution is 14.0. The number of hydrogen-bond donors (Lipinski definition) is 2. The quantitative estimate of drug-likeness (QED) is 0.321. The van der Waals surface area contributed by atoms with Crippen LogP contribution in [0.15, 0.2) is 53.8 Å². The lowest BCUT2D eigenvalue weighted by molar-refractivity contribution is 0.617. The van der Waals surface area contributed by atoms with Gasteiger partial charge in [-0.1, -0.05) is 18.2 Å². The van der Waals surface area contributed by atoms with Crippen LogP contribution in [0.3, 0.4) is 0 Å². The Hall–Kier alpha value is -2.16. The molecule has 3 aromatic rings. The van der Waals surface area contributed by atoms with Gasteiger partial charge in [0.05, 0.1) is 12.2 Å². The summed E-state index contributed by atoms with van der Waals surface area (Å²) in [7, 11) is 0. The first-order valence-electron chi connectivity index (χ1n) is 8.85. The summed E-state index contributed by atoms with van der Waals surface area (Å²) >= 11 is 0. The Morgan fingerprint density at radius 1 is 1.22 bits per heavy atom.